The Balaban J connectivity index is 1.64. The first-order valence-electron chi connectivity index (χ1n) is 7.77. The third-order valence-electron chi connectivity index (χ3n) is 3.49. The molecule has 0 saturated heterocycles. The van der Waals surface area contributed by atoms with Crippen molar-refractivity contribution in [3.05, 3.63) is 94.4 Å². The van der Waals surface area contributed by atoms with E-state index in [1.54, 1.807) is 30.5 Å². The Labute approximate surface area is 144 Å². The maximum atomic E-state index is 12.1. The Morgan fingerprint density at radius 1 is 1.04 bits per heavy atom. The fourth-order valence-corrected chi connectivity index (χ4v) is 2.26. The van der Waals surface area contributed by atoms with Crippen molar-refractivity contribution in [3.63, 3.8) is 0 Å². The van der Waals surface area contributed by atoms with E-state index in [2.05, 4.69) is 9.97 Å². The van der Waals surface area contributed by atoms with Gasteiger partial charge in [-0.25, -0.2) is 4.79 Å². The number of nitrogens with zero attached hydrogens (tertiary/aromatic N) is 1. The van der Waals surface area contributed by atoms with Crippen molar-refractivity contribution in [1.29, 1.82) is 0 Å². The zero-order valence-corrected chi connectivity index (χ0v) is 13.4. The molecule has 0 spiro atoms. The number of esters is 1. The molecule has 0 bridgehead atoms. The summed E-state index contributed by atoms with van der Waals surface area (Å²) in [6.45, 7) is 0.0924. The maximum Gasteiger partial charge on any atom is 0.344 e. The number of rotatable bonds is 5. The fraction of sp³-hybridized carbons (Fsp3) is 0.0500. The predicted octanol–water partition coefficient (Wildman–Crippen LogP) is 3.31. The van der Waals surface area contributed by atoms with Gasteiger partial charge in [0.2, 0.25) is 0 Å². The van der Waals surface area contributed by atoms with Crippen LogP contribution in [0, 0.1) is 0 Å². The zero-order valence-electron chi connectivity index (χ0n) is 13.4. The molecule has 0 aliphatic heterocycles. The molecule has 0 aliphatic carbocycles. The summed E-state index contributed by atoms with van der Waals surface area (Å²) >= 11 is 0. The van der Waals surface area contributed by atoms with E-state index >= 15 is 0 Å². The SMILES string of the molecule is O=C(OC/C=C/c1ccccc1)c1ccc(-c2ccccn2)[nH]c1=O. The smallest absolute Gasteiger partial charge is 0.344 e. The van der Waals surface area contributed by atoms with E-state index in [0.29, 0.717) is 11.4 Å². The summed E-state index contributed by atoms with van der Waals surface area (Å²) in [5, 5.41) is 0. The molecule has 5 nitrogen and oxygen atoms in total. The highest BCUT2D eigenvalue weighted by molar-refractivity contribution is 5.89. The predicted molar refractivity (Wildman–Crippen MR) is 96.1 cm³/mol. The van der Waals surface area contributed by atoms with E-state index < -0.39 is 11.5 Å². The number of carbonyl (C=O) groups is 1. The van der Waals surface area contributed by atoms with Crippen LogP contribution in [0.4, 0.5) is 0 Å². The standard InChI is InChI=1S/C20H16N2O3/c23-19-16(11-12-18(22-19)17-10-4-5-13-21-17)20(24)25-14-6-9-15-7-2-1-3-8-15/h1-13H,14H2,(H,22,23)/b9-6+. The molecule has 0 saturated carbocycles. The number of H-pyrrole nitrogens is 1. The number of carbonyl (C=O) groups excluding carboxylic acids is 1. The van der Waals surface area contributed by atoms with E-state index in [0.717, 1.165) is 5.56 Å². The van der Waals surface area contributed by atoms with E-state index in [1.165, 1.54) is 6.07 Å². The summed E-state index contributed by atoms with van der Waals surface area (Å²) in [5.41, 5.74) is 1.65. The van der Waals surface area contributed by atoms with E-state index in [9.17, 15) is 9.59 Å². The Bertz CT molecular complexity index is 932. The Morgan fingerprint density at radius 2 is 1.84 bits per heavy atom. The van der Waals surface area contributed by atoms with Crippen LogP contribution >= 0.6 is 0 Å². The molecule has 3 aromatic rings. The number of nitrogens with one attached hydrogen (secondary N) is 1. The topological polar surface area (TPSA) is 72.0 Å². The highest BCUT2D eigenvalue weighted by atomic mass is 16.5. The van der Waals surface area contributed by atoms with Gasteiger partial charge in [-0.2, -0.15) is 0 Å². The maximum absolute atomic E-state index is 12.1. The minimum Gasteiger partial charge on any atom is -0.458 e. The Kier molecular flexibility index (Phi) is 5.16. The van der Waals surface area contributed by atoms with Gasteiger partial charge >= 0.3 is 5.97 Å². The van der Waals surface area contributed by atoms with Gasteiger partial charge in [-0.15, -0.1) is 0 Å². The highest BCUT2D eigenvalue weighted by Gasteiger charge is 2.12. The molecule has 0 radical (unpaired) electrons. The third kappa shape index (κ3) is 4.29. The lowest BCUT2D eigenvalue weighted by molar-refractivity contribution is 0.0548. The van der Waals surface area contributed by atoms with Gasteiger partial charge in [0.25, 0.3) is 5.56 Å². The quantitative estimate of drug-likeness (QED) is 0.728. The fourth-order valence-electron chi connectivity index (χ4n) is 2.26. The number of pyridine rings is 2. The first-order chi connectivity index (χ1) is 12.2. The molecule has 1 N–H and O–H groups in total. The number of hydrogen-bond donors (Lipinski definition) is 1. The van der Waals surface area contributed by atoms with Gasteiger partial charge in [0, 0.05) is 6.20 Å². The van der Waals surface area contributed by atoms with Crippen LogP contribution in [0.25, 0.3) is 17.5 Å². The molecule has 124 valence electrons. The van der Waals surface area contributed by atoms with Gasteiger partial charge in [0.1, 0.15) is 12.2 Å². The number of aromatic nitrogens is 2. The second kappa shape index (κ2) is 7.88. The van der Waals surface area contributed by atoms with Crippen molar-refractivity contribution in [3.8, 4) is 11.4 Å². The largest absolute Gasteiger partial charge is 0.458 e. The van der Waals surface area contributed by atoms with Crippen molar-refractivity contribution in [2.24, 2.45) is 0 Å². The minimum atomic E-state index is -0.661. The van der Waals surface area contributed by atoms with Crippen LogP contribution in [-0.4, -0.2) is 22.5 Å². The second-order valence-electron chi connectivity index (χ2n) is 5.24. The Hall–Kier alpha value is -3.47. The van der Waals surface area contributed by atoms with Crippen LogP contribution in [0.1, 0.15) is 15.9 Å². The summed E-state index contributed by atoms with van der Waals surface area (Å²) in [7, 11) is 0. The van der Waals surface area contributed by atoms with Crippen molar-refractivity contribution >= 4 is 12.0 Å². The van der Waals surface area contributed by atoms with Crippen LogP contribution < -0.4 is 5.56 Å². The molecule has 2 aromatic heterocycles. The number of aromatic amines is 1. The molecular weight excluding hydrogens is 316 g/mol. The van der Waals surface area contributed by atoms with Crippen molar-refractivity contribution in [2.75, 3.05) is 6.61 Å². The zero-order chi connectivity index (χ0) is 17.5. The van der Waals surface area contributed by atoms with E-state index in [-0.39, 0.29) is 12.2 Å². The highest BCUT2D eigenvalue weighted by Crippen LogP contribution is 2.11. The average molecular weight is 332 g/mol. The van der Waals surface area contributed by atoms with Crippen LogP contribution in [0.5, 0.6) is 0 Å². The van der Waals surface area contributed by atoms with E-state index in [4.69, 9.17) is 4.74 Å². The van der Waals surface area contributed by atoms with Crippen LogP contribution in [-0.2, 0) is 4.74 Å². The van der Waals surface area contributed by atoms with E-state index in [1.807, 2.05) is 42.5 Å². The lowest BCUT2D eigenvalue weighted by Crippen LogP contribution is -2.20. The average Bonchev–Trinajstić information content (AvgIpc) is 2.66. The molecule has 0 amide bonds. The van der Waals surface area contributed by atoms with Crippen molar-refractivity contribution in [2.45, 2.75) is 0 Å². The van der Waals surface area contributed by atoms with Gasteiger partial charge in [-0.05, 0) is 35.9 Å². The van der Waals surface area contributed by atoms with Gasteiger partial charge in [-0.3, -0.25) is 9.78 Å². The molecule has 2 heterocycles. The lowest BCUT2D eigenvalue weighted by atomic mass is 10.2. The normalized spacial score (nSPS) is 10.7. The second-order valence-corrected chi connectivity index (χ2v) is 5.24. The molecular formula is C20H16N2O3. The minimum absolute atomic E-state index is 0.0345. The summed E-state index contributed by atoms with van der Waals surface area (Å²) in [6, 6.07) is 18.1. The molecule has 0 atom stereocenters. The number of benzene rings is 1. The van der Waals surface area contributed by atoms with Gasteiger partial charge in [0.05, 0.1) is 11.4 Å². The number of hydrogen-bond acceptors (Lipinski definition) is 4. The summed E-state index contributed by atoms with van der Waals surface area (Å²) < 4.78 is 5.11. The first-order valence-corrected chi connectivity index (χ1v) is 7.77. The summed E-state index contributed by atoms with van der Waals surface area (Å²) in [6.07, 6.45) is 5.21. The summed E-state index contributed by atoms with van der Waals surface area (Å²) in [4.78, 5) is 31.0. The first kappa shape index (κ1) is 16.4. The van der Waals surface area contributed by atoms with Crippen molar-refractivity contribution in [1.82, 2.24) is 9.97 Å². The van der Waals surface area contributed by atoms with Crippen LogP contribution in [0.15, 0.2) is 77.7 Å². The van der Waals surface area contributed by atoms with Gasteiger partial charge < -0.3 is 9.72 Å². The molecule has 3 rings (SSSR count). The van der Waals surface area contributed by atoms with Crippen LogP contribution in [0.2, 0.25) is 0 Å². The molecule has 1 aromatic carbocycles. The Morgan fingerprint density at radius 3 is 2.56 bits per heavy atom. The molecule has 0 unspecified atom stereocenters. The number of ether oxygens (including phenoxy) is 1. The molecule has 0 fully saturated rings. The third-order valence-corrected chi connectivity index (χ3v) is 3.49. The van der Waals surface area contributed by atoms with Gasteiger partial charge in [-0.1, -0.05) is 42.5 Å². The monoisotopic (exact) mass is 332 g/mol. The van der Waals surface area contributed by atoms with Gasteiger partial charge in [0.15, 0.2) is 0 Å². The van der Waals surface area contributed by atoms with Crippen LogP contribution in [0.3, 0.4) is 0 Å². The lowest BCUT2D eigenvalue weighted by Gasteiger charge is -2.04. The molecule has 0 aliphatic rings. The molecule has 5 heteroatoms. The van der Waals surface area contributed by atoms with Crippen molar-refractivity contribution < 1.29 is 9.53 Å². The summed E-state index contributed by atoms with van der Waals surface area (Å²) in [5.74, 6) is -0.661. The molecule has 25 heavy (non-hydrogen) atoms.